The van der Waals surface area contributed by atoms with Crippen molar-refractivity contribution >= 4 is 11.9 Å². The lowest BCUT2D eigenvalue weighted by atomic mass is 9.91. The first-order valence-electron chi connectivity index (χ1n) is 4.61. The summed E-state index contributed by atoms with van der Waals surface area (Å²) in [6, 6.07) is 0. The molecule has 0 radical (unpaired) electrons. The molecule has 0 aromatic rings. The Labute approximate surface area is 83.2 Å². The van der Waals surface area contributed by atoms with Crippen molar-refractivity contribution < 1.29 is 19.8 Å². The van der Waals surface area contributed by atoms with E-state index in [0.717, 1.165) is 6.42 Å². The van der Waals surface area contributed by atoms with Crippen molar-refractivity contribution in [3.05, 3.63) is 12.2 Å². The van der Waals surface area contributed by atoms with Gasteiger partial charge in [0.2, 0.25) is 0 Å². The highest BCUT2D eigenvalue weighted by atomic mass is 16.4. The van der Waals surface area contributed by atoms with Gasteiger partial charge in [-0.15, -0.1) is 0 Å². The third kappa shape index (κ3) is 4.07. The Morgan fingerprint density at radius 1 is 1.21 bits per heavy atom. The van der Waals surface area contributed by atoms with Gasteiger partial charge in [-0.25, -0.2) is 0 Å². The zero-order valence-corrected chi connectivity index (χ0v) is 8.43. The molecular weight excluding hydrogens is 184 g/mol. The third-order valence-electron chi connectivity index (χ3n) is 2.10. The molecule has 0 saturated heterocycles. The first-order valence-corrected chi connectivity index (χ1v) is 4.61. The summed E-state index contributed by atoms with van der Waals surface area (Å²) in [6.45, 7) is 3.35. The van der Waals surface area contributed by atoms with E-state index in [1.807, 2.05) is 13.0 Å². The molecule has 2 N–H and O–H groups in total. The van der Waals surface area contributed by atoms with Gasteiger partial charge in [0.1, 0.15) is 0 Å². The molecule has 0 amide bonds. The van der Waals surface area contributed by atoms with Crippen LogP contribution in [-0.2, 0) is 9.59 Å². The van der Waals surface area contributed by atoms with Crippen LogP contribution in [0, 0.1) is 11.8 Å². The van der Waals surface area contributed by atoms with Crippen molar-refractivity contribution in [1.82, 2.24) is 0 Å². The van der Waals surface area contributed by atoms with Crippen LogP contribution in [0.1, 0.15) is 26.7 Å². The molecular formula is C10H16O4. The highest BCUT2D eigenvalue weighted by Gasteiger charge is 2.28. The smallest absolute Gasteiger partial charge is 0.307 e. The summed E-state index contributed by atoms with van der Waals surface area (Å²) in [4.78, 5) is 21.3. The average molecular weight is 200 g/mol. The molecule has 0 fully saturated rings. The number of rotatable bonds is 6. The number of allylic oxidation sites excluding steroid dienone is 2. The fourth-order valence-corrected chi connectivity index (χ4v) is 1.10. The van der Waals surface area contributed by atoms with E-state index in [4.69, 9.17) is 10.2 Å². The van der Waals surface area contributed by atoms with Gasteiger partial charge in [0.15, 0.2) is 0 Å². The topological polar surface area (TPSA) is 74.6 Å². The maximum Gasteiger partial charge on any atom is 0.307 e. The van der Waals surface area contributed by atoms with Crippen molar-refractivity contribution in [3.8, 4) is 0 Å². The fourth-order valence-electron chi connectivity index (χ4n) is 1.10. The quantitative estimate of drug-likeness (QED) is 0.641. The first kappa shape index (κ1) is 12.7. The van der Waals surface area contributed by atoms with E-state index in [0.29, 0.717) is 0 Å². The van der Waals surface area contributed by atoms with E-state index in [2.05, 4.69) is 0 Å². The lowest BCUT2D eigenvalue weighted by Gasteiger charge is -2.13. The number of hydrogen-bond acceptors (Lipinski definition) is 2. The molecule has 2 unspecified atom stereocenters. The van der Waals surface area contributed by atoms with Crippen LogP contribution < -0.4 is 0 Å². The Balaban J connectivity index is 4.37. The minimum Gasteiger partial charge on any atom is -0.481 e. The van der Waals surface area contributed by atoms with Gasteiger partial charge in [0.25, 0.3) is 0 Å². The highest BCUT2D eigenvalue weighted by molar-refractivity contribution is 5.79. The molecule has 2 atom stereocenters. The average Bonchev–Trinajstić information content (AvgIpc) is 2.10. The van der Waals surface area contributed by atoms with Crippen LogP contribution in [-0.4, -0.2) is 22.2 Å². The summed E-state index contributed by atoms with van der Waals surface area (Å²) in [5.74, 6) is -3.81. The number of carboxylic acids is 2. The summed E-state index contributed by atoms with van der Waals surface area (Å²) in [5.41, 5.74) is 0. The van der Waals surface area contributed by atoms with Gasteiger partial charge in [0, 0.05) is 0 Å². The molecule has 0 rings (SSSR count). The van der Waals surface area contributed by atoms with Crippen LogP contribution in [0.4, 0.5) is 0 Å². The molecule has 0 aliphatic heterocycles. The van der Waals surface area contributed by atoms with Crippen LogP contribution in [0.3, 0.4) is 0 Å². The summed E-state index contributed by atoms with van der Waals surface area (Å²) >= 11 is 0. The lowest BCUT2D eigenvalue weighted by Crippen LogP contribution is -2.27. The molecule has 0 aliphatic carbocycles. The second-order valence-electron chi connectivity index (χ2n) is 3.19. The van der Waals surface area contributed by atoms with Gasteiger partial charge in [-0.3, -0.25) is 9.59 Å². The largest absolute Gasteiger partial charge is 0.481 e. The maximum atomic E-state index is 10.7. The minimum atomic E-state index is -1.07. The Bertz CT molecular complexity index is 232. The zero-order valence-electron chi connectivity index (χ0n) is 8.43. The summed E-state index contributed by atoms with van der Waals surface area (Å²) in [7, 11) is 0. The molecule has 0 aromatic carbocycles. The van der Waals surface area contributed by atoms with E-state index >= 15 is 0 Å². The van der Waals surface area contributed by atoms with E-state index in [1.165, 1.54) is 6.92 Å². The first-order chi connectivity index (χ1) is 6.50. The highest BCUT2D eigenvalue weighted by Crippen LogP contribution is 2.17. The van der Waals surface area contributed by atoms with E-state index in [9.17, 15) is 9.59 Å². The van der Waals surface area contributed by atoms with Crippen molar-refractivity contribution in [2.24, 2.45) is 11.8 Å². The van der Waals surface area contributed by atoms with Gasteiger partial charge in [0.05, 0.1) is 11.8 Å². The molecule has 4 heteroatoms. The van der Waals surface area contributed by atoms with Crippen LogP contribution in [0.2, 0.25) is 0 Å². The zero-order chi connectivity index (χ0) is 11.1. The second-order valence-corrected chi connectivity index (χ2v) is 3.19. The molecule has 0 aliphatic rings. The monoisotopic (exact) mass is 200 g/mol. The van der Waals surface area contributed by atoms with Crippen molar-refractivity contribution in [3.63, 3.8) is 0 Å². The Morgan fingerprint density at radius 3 is 2.14 bits per heavy atom. The van der Waals surface area contributed by atoms with Crippen LogP contribution in [0.25, 0.3) is 0 Å². The predicted octanol–water partition coefficient (Wildman–Crippen LogP) is 1.76. The molecule has 0 aromatic heterocycles. The minimum absolute atomic E-state index is 0.274. The standard InChI is InChI=1S/C10H16O4/c1-3-4-5-6-8(10(13)14)7(2)9(11)12/h4-5,7-8H,3,6H2,1-2H3,(H,11,12)(H,13,14)/b5-4+. The third-order valence-corrected chi connectivity index (χ3v) is 2.10. The Kier molecular flexibility index (Phi) is 5.60. The molecule has 0 saturated carbocycles. The van der Waals surface area contributed by atoms with Crippen molar-refractivity contribution in [1.29, 1.82) is 0 Å². The van der Waals surface area contributed by atoms with E-state index < -0.39 is 23.8 Å². The number of carboxylic acid groups (broad SMARTS) is 2. The Morgan fingerprint density at radius 2 is 1.79 bits per heavy atom. The van der Waals surface area contributed by atoms with Gasteiger partial charge in [-0.1, -0.05) is 26.0 Å². The van der Waals surface area contributed by atoms with Gasteiger partial charge in [-0.05, 0) is 12.8 Å². The SMILES string of the molecule is CC/C=C/CC(C(=O)O)C(C)C(=O)O. The van der Waals surface area contributed by atoms with E-state index in [1.54, 1.807) is 6.08 Å². The molecule has 14 heavy (non-hydrogen) atoms. The second kappa shape index (κ2) is 6.18. The number of hydrogen-bond donors (Lipinski definition) is 2. The lowest BCUT2D eigenvalue weighted by molar-refractivity contribution is -0.152. The molecule has 0 bridgehead atoms. The number of carbonyl (C=O) groups is 2. The summed E-state index contributed by atoms with van der Waals surface area (Å²) < 4.78 is 0. The summed E-state index contributed by atoms with van der Waals surface area (Å²) in [6.07, 6.45) is 4.66. The number of aliphatic carboxylic acids is 2. The van der Waals surface area contributed by atoms with Gasteiger partial charge >= 0.3 is 11.9 Å². The molecule has 0 spiro atoms. The fraction of sp³-hybridized carbons (Fsp3) is 0.600. The maximum absolute atomic E-state index is 10.7. The van der Waals surface area contributed by atoms with Crippen LogP contribution in [0.15, 0.2) is 12.2 Å². The van der Waals surface area contributed by atoms with E-state index in [-0.39, 0.29) is 6.42 Å². The predicted molar refractivity (Wildman–Crippen MR) is 52.0 cm³/mol. The van der Waals surface area contributed by atoms with Gasteiger partial charge < -0.3 is 10.2 Å². The van der Waals surface area contributed by atoms with Gasteiger partial charge in [-0.2, -0.15) is 0 Å². The van der Waals surface area contributed by atoms with Crippen molar-refractivity contribution in [2.75, 3.05) is 0 Å². The molecule has 4 nitrogen and oxygen atoms in total. The van der Waals surface area contributed by atoms with Crippen molar-refractivity contribution in [2.45, 2.75) is 26.7 Å². The van der Waals surface area contributed by atoms with Crippen LogP contribution in [0.5, 0.6) is 0 Å². The molecule has 80 valence electrons. The molecule has 0 heterocycles. The summed E-state index contributed by atoms with van der Waals surface area (Å²) in [5, 5.41) is 17.5. The Hall–Kier alpha value is -1.32. The van der Waals surface area contributed by atoms with Crippen LogP contribution >= 0.6 is 0 Å². The normalized spacial score (nSPS) is 15.3.